The van der Waals surface area contributed by atoms with Gasteiger partial charge in [-0.25, -0.2) is 29.9 Å². The third-order valence-corrected chi connectivity index (χ3v) is 7.46. The number of nitrogens with zero attached hydrogens (tertiary/aromatic N) is 6. The molecule has 0 amide bonds. The number of rotatable bonds is 0. The number of aromatic amines is 2. The molecule has 41 heavy (non-hydrogen) atoms. The molecule has 186 valence electrons. The number of hydrogen-bond donors (Lipinski definition) is 2. The second-order valence-corrected chi connectivity index (χ2v) is 9.79. The fourth-order valence-corrected chi connectivity index (χ4v) is 5.59. The van der Waals surface area contributed by atoms with Gasteiger partial charge in [-0.05, 0) is 0 Å². The molecule has 7 aromatic rings. The van der Waals surface area contributed by atoms with Crippen LogP contribution in [0, 0.1) is 0 Å². The van der Waals surface area contributed by atoms with E-state index in [-0.39, 0.29) is 18.9 Å². The van der Waals surface area contributed by atoms with Gasteiger partial charge in [0.1, 0.15) is 22.6 Å². The molecule has 5 heterocycles. The van der Waals surface area contributed by atoms with Crippen LogP contribution in [0.2, 0.25) is 0 Å². The summed E-state index contributed by atoms with van der Waals surface area (Å²) in [6.45, 7) is 0. The molecule has 3 aromatic heterocycles. The fourth-order valence-electron chi connectivity index (χ4n) is 5.59. The average molecular weight is 521 g/mol. The Morgan fingerprint density at radius 3 is 0.829 bits per heavy atom. The van der Waals surface area contributed by atoms with Gasteiger partial charge >= 0.3 is 18.9 Å². The predicted octanol–water partition coefficient (Wildman–Crippen LogP) is 3.87. The van der Waals surface area contributed by atoms with E-state index >= 15 is 0 Å². The van der Waals surface area contributed by atoms with Gasteiger partial charge in [-0.1, -0.05) is 97.1 Å². The zero-order chi connectivity index (χ0) is 26.2. The normalized spacial score (nSPS) is 11.7. The Hall–Kier alpha value is -5.16. The van der Waals surface area contributed by atoms with Crippen LogP contribution >= 0.6 is 0 Å². The van der Waals surface area contributed by atoms with Crippen molar-refractivity contribution in [1.29, 1.82) is 0 Å². The Morgan fingerprint density at radius 2 is 0.561 bits per heavy atom. The molecule has 2 aliphatic rings. The minimum absolute atomic E-state index is 0. The van der Waals surface area contributed by atoms with Crippen LogP contribution < -0.4 is 18.9 Å². The van der Waals surface area contributed by atoms with Crippen molar-refractivity contribution in [3.63, 3.8) is 0 Å². The summed E-state index contributed by atoms with van der Waals surface area (Å²) in [6.07, 6.45) is 0. The van der Waals surface area contributed by atoms with Crippen molar-refractivity contribution in [2.45, 2.75) is 0 Å². The number of aromatic nitrogens is 8. The number of hydrogen-bond acceptors (Lipinski definition) is 6. The van der Waals surface area contributed by atoms with E-state index in [4.69, 9.17) is 29.9 Å². The summed E-state index contributed by atoms with van der Waals surface area (Å²) in [4.78, 5) is 36.8. The standard InChI is InChI=1S/C32H18N8.Li/c1-2-10-18-17(9-1)25-33-26(18)38-28-21-13-5-6-14-22(21)30(35-28)40-32-24-16-8-7-15-23(24)31(36-32)39-29-20-12-4-3-11-19(20)27(34-29)37-25;/h1-16H,(H2,33,34,35,36,37,38,39,40);/q;+1. The summed E-state index contributed by atoms with van der Waals surface area (Å²) in [5.74, 6) is 2.39. The van der Waals surface area contributed by atoms with Gasteiger partial charge in [-0.2, -0.15) is 0 Å². The quantitative estimate of drug-likeness (QED) is 0.293. The van der Waals surface area contributed by atoms with Gasteiger partial charge in [0.2, 0.25) is 0 Å². The first-order valence-electron chi connectivity index (χ1n) is 13.0. The average Bonchev–Trinajstić information content (AvgIpc) is 3.73. The van der Waals surface area contributed by atoms with E-state index in [1.165, 1.54) is 0 Å². The van der Waals surface area contributed by atoms with Crippen molar-refractivity contribution in [2.75, 3.05) is 0 Å². The number of benzene rings is 4. The molecular formula is C32H18LiN8+. The number of nitrogens with one attached hydrogen (secondary N) is 2. The maximum absolute atomic E-state index is 5.02. The summed E-state index contributed by atoms with van der Waals surface area (Å²) in [5.41, 5.74) is 6.45. The SMILES string of the molecule is [Li+].c1ccc2c(c1)-c1nc-2nc2[nH]c(nc3nc(nc4[nH]c(n1)c1ccccc41)-c1ccccc1-3)c1ccccc21. The van der Waals surface area contributed by atoms with E-state index in [0.717, 1.165) is 43.8 Å². The first-order chi connectivity index (χ1) is 19.8. The van der Waals surface area contributed by atoms with Crippen LogP contribution in [0.5, 0.6) is 0 Å². The van der Waals surface area contributed by atoms with Gasteiger partial charge in [-0.3, -0.25) is 0 Å². The van der Waals surface area contributed by atoms with Gasteiger partial charge in [0, 0.05) is 43.8 Å². The van der Waals surface area contributed by atoms with Crippen LogP contribution in [-0.2, 0) is 0 Å². The Morgan fingerprint density at radius 1 is 0.317 bits per heavy atom. The molecule has 0 radical (unpaired) electrons. The molecular weight excluding hydrogens is 503 g/mol. The molecule has 9 rings (SSSR count). The summed E-state index contributed by atoms with van der Waals surface area (Å²) in [7, 11) is 0. The van der Waals surface area contributed by atoms with Crippen molar-refractivity contribution in [3.8, 4) is 45.6 Å². The third kappa shape index (κ3) is 3.55. The largest absolute Gasteiger partial charge is 1.00 e. The summed E-state index contributed by atoms with van der Waals surface area (Å²) in [5, 5.41) is 3.82. The predicted molar refractivity (Wildman–Crippen MR) is 156 cm³/mol. The zero-order valence-electron chi connectivity index (χ0n) is 21.9. The van der Waals surface area contributed by atoms with Crippen molar-refractivity contribution in [2.24, 2.45) is 0 Å². The Balaban J connectivity index is 0.00000256. The van der Waals surface area contributed by atoms with Crippen molar-refractivity contribution >= 4 is 44.1 Å². The molecule has 4 aromatic carbocycles. The maximum Gasteiger partial charge on any atom is 1.00 e. The van der Waals surface area contributed by atoms with E-state index < -0.39 is 0 Å². The van der Waals surface area contributed by atoms with Crippen LogP contribution in [-0.4, -0.2) is 39.9 Å². The molecule has 9 heteroatoms. The zero-order valence-corrected chi connectivity index (χ0v) is 21.9. The van der Waals surface area contributed by atoms with Gasteiger partial charge in [0.25, 0.3) is 0 Å². The van der Waals surface area contributed by atoms with E-state index in [9.17, 15) is 0 Å². The van der Waals surface area contributed by atoms with Crippen LogP contribution in [0.4, 0.5) is 0 Å². The monoisotopic (exact) mass is 521 g/mol. The first kappa shape index (κ1) is 23.7. The molecule has 2 N–H and O–H groups in total. The van der Waals surface area contributed by atoms with Gasteiger partial charge in [-0.15, -0.1) is 0 Å². The fraction of sp³-hybridized carbons (Fsp3) is 0. The molecule has 8 nitrogen and oxygen atoms in total. The second-order valence-electron chi connectivity index (χ2n) is 9.79. The molecule has 0 unspecified atom stereocenters. The summed E-state index contributed by atoms with van der Waals surface area (Å²) >= 11 is 0. The van der Waals surface area contributed by atoms with Gasteiger partial charge in [0.15, 0.2) is 23.3 Å². The van der Waals surface area contributed by atoms with Crippen molar-refractivity contribution in [1.82, 2.24) is 39.9 Å². The first-order valence-corrected chi connectivity index (χ1v) is 13.0. The van der Waals surface area contributed by atoms with Gasteiger partial charge in [0.05, 0.1) is 0 Å². The number of H-pyrrole nitrogens is 2. The maximum atomic E-state index is 5.02. The Kier molecular flexibility index (Phi) is 5.16. The van der Waals surface area contributed by atoms with Crippen LogP contribution in [0.15, 0.2) is 97.1 Å². The van der Waals surface area contributed by atoms with Crippen molar-refractivity contribution < 1.29 is 18.9 Å². The Bertz CT molecular complexity index is 2030. The molecule has 0 saturated carbocycles. The molecule has 0 spiro atoms. The summed E-state index contributed by atoms with van der Waals surface area (Å²) < 4.78 is 0. The van der Waals surface area contributed by atoms with Crippen LogP contribution in [0.3, 0.4) is 0 Å². The third-order valence-electron chi connectivity index (χ3n) is 7.46. The molecule has 0 saturated heterocycles. The molecule has 0 aliphatic carbocycles. The van der Waals surface area contributed by atoms with E-state index in [1.54, 1.807) is 0 Å². The smallest absolute Gasteiger partial charge is 0.324 e. The van der Waals surface area contributed by atoms with Gasteiger partial charge < -0.3 is 9.97 Å². The topological polar surface area (TPSA) is 109 Å². The summed E-state index contributed by atoms with van der Waals surface area (Å²) in [6, 6.07) is 32.2. The molecule has 0 fully saturated rings. The van der Waals surface area contributed by atoms with Crippen LogP contribution in [0.1, 0.15) is 0 Å². The van der Waals surface area contributed by atoms with Crippen LogP contribution in [0.25, 0.3) is 89.7 Å². The minimum Gasteiger partial charge on any atom is -0.324 e. The minimum atomic E-state index is 0. The Labute approximate surface area is 244 Å². The molecule has 0 atom stereocenters. The van der Waals surface area contributed by atoms with E-state index in [0.29, 0.717) is 45.9 Å². The van der Waals surface area contributed by atoms with E-state index in [1.807, 2.05) is 97.1 Å². The number of fused-ring (bicyclic) bond motifs is 20. The second kappa shape index (κ2) is 8.93. The molecule has 2 aliphatic heterocycles. The van der Waals surface area contributed by atoms with Crippen molar-refractivity contribution in [3.05, 3.63) is 97.1 Å². The van der Waals surface area contributed by atoms with E-state index in [2.05, 4.69) is 9.97 Å². The molecule has 8 bridgehead atoms.